The SMILES string of the molecule is CSc1ccc(CCCn2ccnc2)cc1. The highest BCUT2D eigenvalue weighted by Crippen LogP contribution is 2.15. The molecule has 0 radical (unpaired) electrons. The first-order valence-corrected chi connectivity index (χ1v) is 6.69. The lowest BCUT2D eigenvalue weighted by atomic mass is 10.1. The van der Waals surface area contributed by atoms with E-state index < -0.39 is 0 Å². The molecule has 0 amide bonds. The van der Waals surface area contributed by atoms with Crippen molar-refractivity contribution in [2.24, 2.45) is 0 Å². The van der Waals surface area contributed by atoms with E-state index in [1.54, 1.807) is 11.8 Å². The lowest BCUT2D eigenvalue weighted by Gasteiger charge is -2.03. The Balaban J connectivity index is 1.81. The van der Waals surface area contributed by atoms with Crippen molar-refractivity contribution in [2.75, 3.05) is 6.26 Å². The van der Waals surface area contributed by atoms with E-state index in [4.69, 9.17) is 0 Å². The summed E-state index contributed by atoms with van der Waals surface area (Å²) in [6.45, 7) is 1.05. The van der Waals surface area contributed by atoms with Crippen LogP contribution in [0.2, 0.25) is 0 Å². The van der Waals surface area contributed by atoms with Gasteiger partial charge in [-0.25, -0.2) is 4.98 Å². The molecule has 0 saturated heterocycles. The second kappa shape index (κ2) is 5.75. The summed E-state index contributed by atoms with van der Waals surface area (Å²) in [5.74, 6) is 0. The van der Waals surface area contributed by atoms with Gasteiger partial charge < -0.3 is 4.57 Å². The highest BCUT2D eigenvalue weighted by atomic mass is 32.2. The summed E-state index contributed by atoms with van der Waals surface area (Å²) in [4.78, 5) is 5.36. The molecule has 3 heteroatoms. The second-order valence-corrected chi connectivity index (χ2v) is 4.63. The largest absolute Gasteiger partial charge is 0.337 e. The fourth-order valence-corrected chi connectivity index (χ4v) is 2.09. The van der Waals surface area contributed by atoms with Crippen LogP contribution in [0.25, 0.3) is 0 Å². The van der Waals surface area contributed by atoms with Crippen LogP contribution in [0.1, 0.15) is 12.0 Å². The van der Waals surface area contributed by atoms with Crippen LogP contribution < -0.4 is 0 Å². The Labute approximate surface area is 101 Å². The van der Waals surface area contributed by atoms with Gasteiger partial charge in [-0.3, -0.25) is 0 Å². The summed E-state index contributed by atoms with van der Waals surface area (Å²) >= 11 is 1.79. The summed E-state index contributed by atoms with van der Waals surface area (Å²) in [5.41, 5.74) is 1.41. The summed E-state index contributed by atoms with van der Waals surface area (Å²) in [5, 5.41) is 0. The molecule has 0 saturated carbocycles. The molecular weight excluding hydrogens is 216 g/mol. The Kier molecular flexibility index (Phi) is 4.05. The minimum atomic E-state index is 1.05. The Morgan fingerprint density at radius 1 is 1.25 bits per heavy atom. The Hall–Kier alpha value is -1.22. The average molecular weight is 232 g/mol. The topological polar surface area (TPSA) is 17.8 Å². The predicted octanol–water partition coefficient (Wildman–Crippen LogP) is 3.24. The van der Waals surface area contributed by atoms with Crippen LogP contribution in [0.15, 0.2) is 47.9 Å². The molecule has 2 rings (SSSR count). The van der Waals surface area contributed by atoms with Crippen molar-refractivity contribution in [1.29, 1.82) is 0 Å². The van der Waals surface area contributed by atoms with Crippen LogP contribution in [0.3, 0.4) is 0 Å². The van der Waals surface area contributed by atoms with E-state index >= 15 is 0 Å². The molecule has 0 aliphatic carbocycles. The van der Waals surface area contributed by atoms with Crippen LogP contribution in [-0.4, -0.2) is 15.8 Å². The van der Waals surface area contributed by atoms with Crippen molar-refractivity contribution >= 4 is 11.8 Å². The van der Waals surface area contributed by atoms with Crippen LogP contribution >= 0.6 is 11.8 Å². The molecule has 1 aromatic carbocycles. The summed E-state index contributed by atoms with van der Waals surface area (Å²) in [6, 6.07) is 8.83. The van der Waals surface area contributed by atoms with Gasteiger partial charge in [0.05, 0.1) is 6.33 Å². The third kappa shape index (κ3) is 3.14. The van der Waals surface area contributed by atoms with Crippen molar-refractivity contribution in [3.8, 4) is 0 Å². The number of nitrogens with zero attached hydrogens (tertiary/aromatic N) is 2. The fraction of sp³-hybridized carbons (Fsp3) is 0.308. The van der Waals surface area contributed by atoms with E-state index in [0.717, 1.165) is 19.4 Å². The van der Waals surface area contributed by atoms with Gasteiger partial charge in [-0.05, 0) is 36.8 Å². The molecule has 0 fully saturated rings. The van der Waals surface area contributed by atoms with Crippen LogP contribution in [0, 0.1) is 0 Å². The minimum absolute atomic E-state index is 1.05. The van der Waals surface area contributed by atoms with E-state index in [0.29, 0.717) is 0 Å². The molecule has 1 heterocycles. The predicted molar refractivity (Wildman–Crippen MR) is 68.8 cm³/mol. The van der Waals surface area contributed by atoms with Crippen LogP contribution in [0.5, 0.6) is 0 Å². The van der Waals surface area contributed by atoms with Crippen molar-refractivity contribution in [2.45, 2.75) is 24.3 Å². The number of thioether (sulfide) groups is 1. The molecule has 84 valence electrons. The zero-order valence-electron chi connectivity index (χ0n) is 9.47. The molecule has 0 N–H and O–H groups in total. The number of aryl methyl sites for hydroxylation is 2. The maximum absolute atomic E-state index is 4.03. The third-order valence-electron chi connectivity index (χ3n) is 2.60. The Morgan fingerprint density at radius 3 is 2.69 bits per heavy atom. The first-order valence-electron chi connectivity index (χ1n) is 5.47. The molecule has 16 heavy (non-hydrogen) atoms. The van der Waals surface area contributed by atoms with E-state index in [1.807, 2.05) is 18.7 Å². The van der Waals surface area contributed by atoms with Crippen molar-refractivity contribution in [3.05, 3.63) is 48.5 Å². The maximum Gasteiger partial charge on any atom is 0.0945 e. The maximum atomic E-state index is 4.03. The molecule has 0 aliphatic rings. The normalized spacial score (nSPS) is 10.6. The van der Waals surface area contributed by atoms with Crippen molar-refractivity contribution in [3.63, 3.8) is 0 Å². The fourth-order valence-electron chi connectivity index (χ4n) is 1.68. The summed E-state index contributed by atoms with van der Waals surface area (Å²) in [6.07, 6.45) is 10.1. The smallest absolute Gasteiger partial charge is 0.0945 e. The lowest BCUT2D eigenvalue weighted by molar-refractivity contribution is 0.642. The quantitative estimate of drug-likeness (QED) is 0.737. The first kappa shape index (κ1) is 11.3. The average Bonchev–Trinajstić information content (AvgIpc) is 2.83. The van der Waals surface area contributed by atoms with E-state index in [9.17, 15) is 0 Å². The van der Waals surface area contributed by atoms with Gasteiger partial charge >= 0.3 is 0 Å². The number of hydrogen-bond acceptors (Lipinski definition) is 2. The zero-order valence-corrected chi connectivity index (χ0v) is 10.3. The van der Waals surface area contributed by atoms with Gasteiger partial charge in [0.1, 0.15) is 0 Å². The van der Waals surface area contributed by atoms with Crippen molar-refractivity contribution < 1.29 is 0 Å². The molecule has 2 aromatic rings. The highest BCUT2D eigenvalue weighted by molar-refractivity contribution is 7.98. The molecular formula is C13H16N2S. The van der Waals surface area contributed by atoms with Gasteiger partial charge in [-0.15, -0.1) is 11.8 Å². The number of rotatable bonds is 5. The molecule has 0 unspecified atom stereocenters. The van der Waals surface area contributed by atoms with Crippen molar-refractivity contribution in [1.82, 2.24) is 9.55 Å². The summed E-state index contributed by atoms with van der Waals surface area (Å²) < 4.78 is 2.12. The monoisotopic (exact) mass is 232 g/mol. The number of benzene rings is 1. The highest BCUT2D eigenvalue weighted by Gasteiger charge is 1.95. The standard InChI is InChI=1S/C13H16N2S/c1-16-13-6-4-12(5-7-13)3-2-9-15-10-8-14-11-15/h4-8,10-11H,2-3,9H2,1H3. The second-order valence-electron chi connectivity index (χ2n) is 3.75. The van der Waals surface area contributed by atoms with Gasteiger partial charge in [-0.1, -0.05) is 12.1 Å². The van der Waals surface area contributed by atoms with Gasteiger partial charge in [0.25, 0.3) is 0 Å². The Morgan fingerprint density at radius 2 is 2.06 bits per heavy atom. The third-order valence-corrected chi connectivity index (χ3v) is 3.34. The zero-order chi connectivity index (χ0) is 11.2. The molecule has 2 nitrogen and oxygen atoms in total. The molecule has 1 aromatic heterocycles. The number of imidazole rings is 1. The molecule has 0 aliphatic heterocycles. The minimum Gasteiger partial charge on any atom is -0.337 e. The van der Waals surface area contributed by atoms with Crippen LogP contribution in [-0.2, 0) is 13.0 Å². The molecule has 0 spiro atoms. The Bertz CT molecular complexity index is 406. The van der Waals surface area contributed by atoms with Gasteiger partial charge in [0.15, 0.2) is 0 Å². The number of aromatic nitrogens is 2. The van der Waals surface area contributed by atoms with Gasteiger partial charge in [0.2, 0.25) is 0 Å². The van der Waals surface area contributed by atoms with E-state index in [-0.39, 0.29) is 0 Å². The molecule has 0 atom stereocenters. The van der Waals surface area contributed by atoms with E-state index in [1.165, 1.54) is 10.5 Å². The lowest BCUT2D eigenvalue weighted by Crippen LogP contribution is -1.96. The van der Waals surface area contributed by atoms with Gasteiger partial charge in [-0.2, -0.15) is 0 Å². The van der Waals surface area contributed by atoms with Gasteiger partial charge in [0, 0.05) is 23.8 Å². The summed E-state index contributed by atoms with van der Waals surface area (Å²) in [7, 11) is 0. The van der Waals surface area contributed by atoms with E-state index in [2.05, 4.69) is 40.1 Å². The number of hydrogen-bond donors (Lipinski definition) is 0. The molecule has 0 bridgehead atoms. The van der Waals surface area contributed by atoms with Crippen LogP contribution in [0.4, 0.5) is 0 Å². The first-order chi connectivity index (χ1) is 7.88.